The van der Waals surface area contributed by atoms with E-state index in [1.54, 1.807) is 7.11 Å². The maximum Gasteiger partial charge on any atom is 0.142 e. The number of nitrogen functional groups attached to an aromatic ring is 1. The molecule has 0 saturated carbocycles. The number of nitriles is 1. The Balaban J connectivity index is 1.77. The van der Waals surface area contributed by atoms with Gasteiger partial charge >= 0.3 is 0 Å². The summed E-state index contributed by atoms with van der Waals surface area (Å²) in [7, 11) is 1.58. The Hall–Kier alpha value is -3.30. The van der Waals surface area contributed by atoms with Crippen LogP contribution in [0.1, 0.15) is 41.6 Å². The average molecular weight is 452 g/mol. The van der Waals surface area contributed by atoms with Gasteiger partial charge in [0.1, 0.15) is 41.4 Å². The first kappa shape index (κ1) is 21.9. The largest absolute Gasteiger partial charge is 0.496 e. The lowest BCUT2D eigenvalue weighted by Crippen LogP contribution is -2.07. The van der Waals surface area contributed by atoms with Crippen molar-refractivity contribution < 1.29 is 13.9 Å². The van der Waals surface area contributed by atoms with Crippen LogP contribution in [0.3, 0.4) is 0 Å². The van der Waals surface area contributed by atoms with Gasteiger partial charge in [0, 0.05) is 16.8 Å². The second kappa shape index (κ2) is 9.46. The van der Waals surface area contributed by atoms with Gasteiger partial charge < -0.3 is 15.2 Å². The maximum atomic E-state index is 13.3. The number of aryl methyl sites for hydroxylation is 1. The Bertz CT molecular complexity index is 1210. The van der Waals surface area contributed by atoms with Crippen LogP contribution in [-0.4, -0.2) is 12.1 Å². The van der Waals surface area contributed by atoms with Gasteiger partial charge in [-0.05, 0) is 67.1 Å². The molecule has 0 radical (unpaired) electrons. The number of halogens is 2. The van der Waals surface area contributed by atoms with E-state index in [0.29, 0.717) is 17.1 Å². The molecule has 7 heteroatoms. The molecular formula is C25H23ClFN3O2. The lowest BCUT2D eigenvalue weighted by molar-refractivity contribution is 0.296. The van der Waals surface area contributed by atoms with E-state index in [0.717, 1.165) is 60.1 Å². The molecule has 164 valence electrons. The first-order chi connectivity index (χ1) is 15.5. The third kappa shape index (κ3) is 4.35. The molecule has 1 aromatic heterocycles. The third-order valence-electron chi connectivity index (χ3n) is 5.71. The molecule has 0 atom stereocenters. The van der Waals surface area contributed by atoms with Crippen molar-refractivity contribution in [2.45, 2.75) is 38.7 Å². The number of rotatable bonds is 5. The smallest absolute Gasteiger partial charge is 0.142 e. The molecule has 3 aromatic rings. The highest BCUT2D eigenvalue weighted by Gasteiger charge is 2.22. The Morgan fingerprint density at radius 2 is 1.91 bits per heavy atom. The number of ether oxygens (including phenoxy) is 2. The van der Waals surface area contributed by atoms with E-state index in [9.17, 15) is 9.65 Å². The molecule has 32 heavy (non-hydrogen) atoms. The summed E-state index contributed by atoms with van der Waals surface area (Å²) in [5, 5.41) is 10.0. The van der Waals surface area contributed by atoms with E-state index in [1.165, 1.54) is 18.2 Å². The second-order valence-corrected chi connectivity index (χ2v) is 8.14. The van der Waals surface area contributed by atoms with Gasteiger partial charge in [0.05, 0.1) is 12.1 Å². The minimum Gasteiger partial charge on any atom is -0.496 e. The van der Waals surface area contributed by atoms with Crippen LogP contribution in [0.4, 0.5) is 10.2 Å². The standard InChI is InChI=1S/C25H23ClFN3O2/c1-31-22-9-7-15(11-16(22)14-32-23-10-8-17(27)12-20(23)26)24-18-5-3-2-4-6-21(18)30-25(29)19(24)13-28/h7-12H,2-6,14H2,1H3,(H2,29,30). The van der Waals surface area contributed by atoms with Crippen molar-refractivity contribution in [3.05, 3.63) is 69.6 Å². The van der Waals surface area contributed by atoms with Crippen molar-refractivity contribution in [3.63, 3.8) is 0 Å². The van der Waals surface area contributed by atoms with Gasteiger partial charge in [0.15, 0.2) is 0 Å². The fraction of sp³-hybridized carbons (Fsp3) is 0.280. The summed E-state index contributed by atoms with van der Waals surface area (Å²) in [6.07, 6.45) is 4.94. The van der Waals surface area contributed by atoms with Gasteiger partial charge in [-0.15, -0.1) is 0 Å². The Morgan fingerprint density at radius 3 is 2.66 bits per heavy atom. The molecule has 0 amide bonds. The number of anilines is 1. The maximum absolute atomic E-state index is 13.3. The zero-order valence-electron chi connectivity index (χ0n) is 17.8. The van der Waals surface area contributed by atoms with E-state index in [2.05, 4.69) is 11.1 Å². The van der Waals surface area contributed by atoms with Gasteiger partial charge in [0.25, 0.3) is 0 Å². The summed E-state index contributed by atoms with van der Waals surface area (Å²) in [5.41, 5.74) is 11.1. The lowest BCUT2D eigenvalue weighted by atomic mass is 9.91. The zero-order chi connectivity index (χ0) is 22.7. The van der Waals surface area contributed by atoms with Crippen LogP contribution in [-0.2, 0) is 19.4 Å². The van der Waals surface area contributed by atoms with E-state index < -0.39 is 5.82 Å². The van der Waals surface area contributed by atoms with Gasteiger partial charge in [-0.1, -0.05) is 24.1 Å². The van der Waals surface area contributed by atoms with Crippen LogP contribution < -0.4 is 15.2 Å². The van der Waals surface area contributed by atoms with E-state index in [1.807, 2.05) is 18.2 Å². The van der Waals surface area contributed by atoms with Crippen molar-refractivity contribution in [1.82, 2.24) is 4.98 Å². The van der Waals surface area contributed by atoms with Crippen LogP contribution in [0.2, 0.25) is 5.02 Å². The predicted molar refractivity (Wildman–Crippen MR) is 122 cm³/mol. The van der Waals surface area contributed by atoms with Crippen LogP contribution in [0.5, 0.6) is 11.5 Å². The number of fused-ring (bicyclic) bond motifs is 1. The van der Waals surface area contributed by atoms with E-state index in [4.69, 9.17) is 26.8 Å². The van der Waals surface area contributed by atoms with Crippen LogP contribution in [0, 0.1) is 17.1 Å². The molecule has 0 bridgehead atoms. The van der Waals surface area contributed by atoms with Gasteiger partial charge in [-0.2, -0.15) is 5.26 Å². The van der Waals surface area contributed by atoms with E-state index >= 15 is 0 Å². The van der Waals surface area contributed by atoms with Crippen LogP contribution in [0.15, 0.2) is 36.4 Å². The quantitative estimate of drug-likeness (QED) is 0.492. The number of hydrogen-bond acceptors (Lipinski definition) is 5. The topological polar surface area (TPSA) is 81.2 Å². The molecule has 0 aliphatic heterocycles. The molecule has 5 nitrogen and oxygen atoms in total. The summed E-state index contributed by atoms with van der Waals surface area (Å²) in [6, 6.07) is 12.0. The number of hydrogen-bond donors (Lipinski definition) is 1. The molecule has 0 spiro atoms. The first-order valence-electron chi connectivity index (χ1n) is 10.5. The monoisotopic (exact) mass is 451 g/mol. The molecule has 0 saturated heterocycles. The van der Waals surface area contributed by atoms with Crippen molar-refractivity contribution >= 4 is 17.4 Å². The fourth-order valence-corrected chi connectivity index (χ4v) is 4.39. The summed E-state index contributed by atoms with van der Waals surface area (Å²) in [5.74, 6) is 0.843. The van der Waals surface area contributed by atoms with Crippen molar-refractivity contribution in [2.24, 2.45) is 0 Å². The number of pyridine rings is 1. The van der Waals surface area contributed by atoms with Crippen molar-refractivity contribution in [2.75, 3.05) is 12.8 Å². The first-order valence-corrected chi connectivity index (χ1v) is 10.9. The summed E-state index contributed by atoms with van der Waals surface area (Å²) in [4.78, 5) is 4.54. The summed E-state index contributed by atoms with van der Waals surface area (Å²) in [6.45, 7) is 0.160. The number of methoxy groups -OCH3 is 1. The minimum atomic E-state index is -0.429. The molecule has 2 aromatic carbocycles. The third-order valence-corrected chi connectivity index (χ3v) is 6.01. The molecule has 2 N–H and O–H groups in total. The highest BCUT2D eigenvalue weighted by molar-refractivity contribution is 6.32. The Kier molecular flexibility index (Phi) is 6.48. The number of nitrogens with two attached hydrogens (primary N) is 1. The Morgan fingerprint density at radius 1 is 1.12 bits per heavy atom. The van der Waals surface area contributed by atoms with Gasteiger partial charge in [-0.25, -0.2) is 9.37 Å². The van der Waals surface area contributed by atoms with E-state index in [-0.39, 0.29) is 17.4 Å². The zero-order valence-corrected chi connectivity index (χ0v) is 18.5. The average Bonchev–Trinajstić information content (AvgIpc) is 3.02. The van der Waals surface area contributed by atoms with Crippen molar-refractivity contribution in [1.29, 1.82) is 5.26 Å². The number of aromatic nitrogens is 1. The van der Waals surface area contributed by atoms with Crippen LogP contribution >= 0.6 is 11.6 Å². The number of nitrogens with zero attached hydrogens (tertiary/aromatic N) is 2. The summed E-state index contributed by atoms with van der Waals surface area (Å²) < 4.78 is 24.7. The van der Waals surface area contributed by atoms with Gasteiger partial charge in [-0.3, -0.25) is 0 Å². The van der Waals surface area contributed by atoms with Gasteiger partial charge in [0.2, 0.25) is 0 Å². The molecule has 1 heterocycles. The predicted octanol–water partition coefficient (Wildman–Crippen LogP) is 5.85. The molecule has 1 aliphatic carbocycles. The summed E-state index contributed by atoms with van der Waals surface area (Å²) >= 11 is 6.10. The minimum absolute atomic E-state index is 0.160. The molecule has 4 rings (SSSR count). The molecular weight excluding hydrogens is 429 g/mol. The second-order valence-electron chi connectivity index (χ2n) is 7.73. The SMILES string of the molecule is COc1ccc(-c2c(C#N)c(N)nc3c2CCCCC3)cc1COc1ccc(F)cc1Cl. The number of benzene rings is 2. The molecule has 0 unspecified atom stereocenters. The fourth-order valence-electron chi connectivity index (χ4n) is 4.17. The lowest BCUT2D eigenvalue weighted by Gasteiger charge is -2.18. The van der Waals surface area contributed by atoms with Crippen LogP contribution in [0.25, 0.3) is 11.1 Å². The normalized spacial score (nSPS) is 13.1. The highest BCUT2D eigenvalue weighted by Crippen LogP contribution is 2.37. The highest BCUT2D eigenvalue weighted by atomic mass is 35.5. The molecule has 0 fully saturated rings. The molecule has 1 aliphatic rings. The van der Waals surface area contributed by atoms with Crippen molar-refractivity contribution in [3.8, 4) is 28.7 Å². The Labute approximate surface area is 191 Å².